The lowest BCUT2D eigenvalue weighted by atomic mass is 10.1. The van der Waals surface area contributed by atoms with Crippen LogP contribution in [-0.2, 0) is 16.6 Å². The van der Waals surface area contributed by atoms with Gasteiger partial charge in [0.25, 0.3) is 10.0 Å². The molecule has 0 amide bonds. The first-order valence-electron chi connectivity index (χ1n) is 6.58. The third kappa shape index (κ3) is 5.76. The first kappa shape index (κ1) is 16.2. The molecule has 0 saturated heterocycles. The van der Waals surface area contributed by atoms with Crippen molar-refractivity contribution < 1.29 is 12.8 Å². The quantitative estimate of drug-likeness (QED) is 0.755. The van der Waals surface area contributed by atoms with Crippen LogP contribution >= 0.6 is 0 Å². The van der Waals surface area contributed by atoms with E-state index in [9.17, 15) is 8.42 Å². The fourth-order valence-electron chi connectivity index (χ4n) is 1.40. The molecule has 0 atom stereocenters. The molecule has 6 heteroatoms. The Morgan fingerprint density at radius 3 is 2.53 bits per heavy atom. The molecule has 0 aromatic carbocycles. The summed E-state index contributed by atoms with van der Waals surface area (Å²) in [6, 6.07) is 3.18. The lowest BCUT2D eigenvalue weighted by Gasteiger charge is -2.19. The number of hydrogen-bond donors (Lipinski definition) is 2. The SMILES string of the molecule is CCCCNS(=O)(=O)c1ccc(CNC(C)(C)C)o1. The molecule has 2 N–H and O–H groups in total. The largest absolute Gasteiger partial charge is 0.447 e. The fraction of sp³-hybridized carbons (Fsp3) is 0.692. The van der Waals surface area contributed by atoms with Crippen molar-refractivity contribution in [3.05, 3.63) is 17.9 Å². The molecule has 110 valence electrons. The van der Waals surface area contributed by atoms with Gasteiger partial charge in [0, 0.05) is 12.1 Å². The van der Waals surface area contributed by atoms with E-state index in [0.717, 1.165) is 12.8 Å². The Kier molecular flexibility index (Phi) is 5.58. The summed E-state index contributed by atoms with van der Waals surface area (Å²) < 4.78 is 31.7. The second-order valence-corrected chi connectivity index (χ2v) is 7.27. The number of unbranched alkanes of at least 4 members (excludes halogenated alkanes) is 1. The average Bonchev–Trinajstić information content (AvgIpc) is 2.75. The monoisotopic (exact) mass is 288 g/mol. The van der Waals surface area contributed by atoms with Crippen LogP contribution in [0.5, 0.6) is 0 Å². The summed E-state index contributed by atoms with van der Waals surface area (Å²) in [5.41, 5.74) is -0.0365. The average molecular weight is 288 g/mol. The summed E-state index contributed by atoms with van der Waals surface area (Å²) in [7, 11) is -3.51. The van der Waals surface area contributed by atoms with Crippen LogP contribution in [0.2, 0.25) is 0 Å². The van der Waals surface area contributed by atoms with Crippen LogP contribution in [0, 0.1) is 0 Å². The number of furan rings is 1. The highest BCUT2D eigenvalue weighted by Crippen LogP contribution is 2.14. The van der Waals surface area contributed by atoms with Gasteiger partial charge in [0.05, 0.1) is 6.54 Å². The maximum atomic E-state index is 11.9. The van der Waals surface area contributed by atoms with Gasteiger partial charge in [-0.3, -0.25) is 0 Å². The van der Waals surface area contributed by atoms with Crippen molar-refractivity contribution in [2.75, 3.05) is 6.54 Å². The van der Waals surface area contributed by atoms with E-state index < -0.39 is 10.0 Å². The zero-order valence-electron chi connectivity index (χ0n) is 12.1. The topological polar surface area (TPSA) is 71.3 Å². The molecule has 1 heterocycles. The van der Waals surface area contributed by atoms with Gasteiger partial charge in [0.2, 0.25) is 5.09 Å². The minimum absolute atomic E-state index is 0.0192. The Balaban J connectivity index is 2.63. The Morgan fingerprint density at radius 1 is 1.26 bits per heavy atom. The Morgan fingerprint density at radius 2 is 1.95 bits per heavy atom. The maximum Gasteiger partial charge on any atom is 0.273 e. The van der Waals surface area contributed by atoms with Crippen LogP contribution in [0.15, 0.2) is 21.6 Å². The van der Waals surface area contributed by atoms with E-state index in [4.69, 9.17) is 4.42 Å². The summed E-state index contributed by atoms with van der Waals surface area (Å²) in [6.07, 6.45) is 1.76. The standard InChI is InChI=1S/C13H24N2O3S/c1-5-6-9-15-19(16,17)12-8-7-11(18-12)10-14-13(2,3)4/h7-8,14-15H,5-6,9-10H2,1-4H3. The molecule has 0 fully saturated rings. The summed E-state index contributed by atoms with van der Waals surface area (Å²) in [5, 5.41) is 3.23. The molecule has 5 nitrogen and oxygen atoms in total. The van der Waals surface area contributed by atoms with Gasteiger partial charge < -0.3 is 9.73 Å². The predicted molar refractivity (Wildman–Crippen MR) is 75.4 cm³/mol. The van der Waals surface area contributed by atoms with E-state index in [2.05, 4.69) is 10.0 Å². The zero-order chi connectivity index (χ0) is 14.5. The molecule has 1 rings (SSSR count). The lowest BCUT2D eigenvalue weighted by Crippen LogP contribution is -2.34. The van der Waals surface area contributed by atoms with Gasteiger partial charge in [0.1, 0.15) is 5.76 Å². The van der Waals surface area contributed by atoms with Crippen molar-refractivity contribution in [3.8, 4) is 0 Å². The molecule has 0 aliphatic carbocycles. The summed E-state index contributed by atoms with van der Waals surface area (Å²) in [6.45, 7) is 9.08. The summed E-state index contributed by atoms with van der Waals surface area (Å²) in [5.74, 6) is 0.616. The van der Waals surface area contributed by atoms with Crippen molar-refractivity contribution in [1.82, 2.24) is 10.0 Å². The highest BCUT2D eigenvalue weighted by molar-refractivity contribution is 7.89. The number of nitrogens with one attached hydrogen (secondary N) is 2. The molecule has 0 spiro atoms. The van der Waals surface area contributed by atoms with E-state index in [1.807, 2.05) is 27.7 Å². The van der Waals surface area contributed by atoms with Crippen molar-refractivity contribution in [2.24, 2.45) is 0 Å². The highest BCUT2D eigenvalue weighted by Gasteiger charge is 2.18. The summed E-state index contributed by atoms with van der Waals surface area (Å²) >= 11 is 0. The van der Waals surface area contributed by atoms with Crippen LogP contribution in [0.4, 0.5) is 0 Å². The van der Waals surface area contributed by atoms with Gasteiger partial charge in [-0.2, -0.15) is 0 Å². The molecule has 0 unspecified atom stereocenters. The van der Waals surface area contributed by atoms with Gasteiger partial charge in [-0.25, -0.2) is 13.1 Å². The molecule has 0 aliphatic heterocycles. The Labute approximate surface area is 115 Å². The molecule has 1 aromatic rings. The number of hydrogen-bond acceptors (Lipinski definition) is 4. The second kappa shape index (κ2) is 6.54. The Hall–Kier alpha value is -0.850. The van der Waals surface area contributed by atoms with E-state index in [-0.39, 0.29) is 10.6 Å². The summed E-state index contributed by atoms with van der Waals surface area (Å²) in [4.78, 5) is 0. The smallest absolute Gasteiger partial charge is 0.273 e. The molecule has 0 aliphatic rings. The van der Waals surface area contributed by atoms with E-state index >= 15 is 0 Å². The van der Waals surface area contributed by atoms with Gasteiger partial charge in [-0.15, -0.1) is 0 Å². The molecular formula is C13H24N2O3S. The Bertz CT molecular complexity index is 486. The van der Waals surface area contributed by atoms with Gasteiger partial charge in [-0.1, -0.05) is 13.3 Å². The van der Waals surface area contributed by atoms with E-state index in [1.165, 1.54) is 6.07 Å². The van der Waals surface area contributed by atoms with E-state index in [0.29, 0.717) is 18.8 Å². The molecule has 0 bridgehead atoms. The zero-order valence-corrected chi connectivity index (χ0v) is 12.9. The fourth-order valence-corrected chi connectivity index (χ4v) is 2.42. The first-order chi connectivity index (χ1) is 8.74. The van der Waals surface area contributed by atoms with Crippen LogP contribution in [-0.4, -0.2) is 20.5 Å². The predicted octanol–water partition coefficient (Wildman–Crippen LogP) is 2.25. The third-order valence-corrected chi connectivity index (χ3v) is 3.85. The van der Waals surface area contributed by atoms with Crippen LogP contribution in [0.25, 0.3) is 0 Å². The molecule has 0 radical (unpaired) electrons. The number of sulfonamides is 1. The third-order valence-electron chi connectivity index (χ3n) is 2.52. The molecule has 0 saturated carbocycles. The highest BCUT2D eigenvalue weighted by atomic mass is 32.2. The molecule has 19 heavy (non-hydrogen) atoms. The van der Waals surface area contributed by atoms with Gasteiger partial charge in [-0.05, 0) is 39.3 Å². The molecular weight excluding hydrogens is 264 g/mol. The minimum atomic E-state index is -3.51. The van der Waals surface area contributed by atoms with Crippen LogP contribution in [0.1, 0.15) is 46.3 Å². The number of rotatable bonds is 7. The maximum absolute atomic E-state index is 11.9. The van der Waals surface area contributed by atoms with Crippen LogP contribution in [0.3, 0.4) is 0 Å². The van der Waals surface area contributed by atoms with Gasteiger partial charge in [0.15, 0.2) is 0 Å². The molecule has 1 aromatic heterocycles. The van der Waals surface area contributed by atoms with E-state index in [1.54, 1.807) is 6.07 Å². The minimum Gasteiger partial charge on any atom is -0.447 e. The first-order valence-corrected chi connectivity index (χ1v) is 8.06. The normalized spacial score (nSPS) is 12.8. The van der Waals surface area contributed by atoms with Crippen molar-refractivity contribution in [1.29, 1.82) is 0 Å². The van der Waals surface area contributed by atoms with Crippen molar-refractivity contribution >= 4 is 10.0 Å². The lowest BCUT2D eigenvalue weighted by molar-refractivity contribution is 0.359. The van der Waals surface area contributed by atoms with Crippen molar-refractivity contribution in [2.45, 2.75) is 57.7 Å². The second-order valence-electron chi connectivity index (χ2n) is 5.58. The van der Waals surface area contributed by atoms with Crippen molar-refractivity contribution in [3.63, 3.8) is 0 Å². The van der Waals surface area contributed by atoms with Crippen LogP contribution < -0.4 is 10.0 Å². The van der Waals surface area contributed by atoms with Gasteiger partial charge >= 0.3 is 0 Å².